The van der Waals surface area contributed by atoms with E-state index in [1.54, 1.807) is 33.4 Å². The predicted molar refractivity (Wildman–Crippen MR) is 237 cm³/mol. The Bertz CT molecular complexity index is 2160. The second-order valence-electron chi connectivity index (χ2n) is 14.5. The molecule has 5 N–H and O–H groups in total. The molecule has 2 aliphatic rings. The minimum absolute atomic E-state index is 0.0430. The van der Waals surface area contributed by atoms with E-state index >= 15 is 0 Å². The highest BCUT2D eigenvalue weighted by Gasteiger charge is 2.25. The zero-order valence-corrected chi connectivity index (χ0v) is 35.4. The summed E-state index contributed by atoms with van der Waals surface area (Å²) in [6, 6.07) is 23.7. The first kappa shape index (κ1) is 42.0. The summed E-state index contributed by atoms with van der Waals surface area (Å²) in [5, 5.41) is 30.3. The largest absolute Gasteiger partial charge is 0.476 e. The zero-order chi connectivity index (χ0) is 40.4. The van der Waals surface area contributed by atoms with Crippen LogP contribution < -0.4 is 20.9 Å². The topological polar surface area (TPSA) is 154 Å². The van der Waals surface area contributed by atoms with E-state index in [1.807, 2.05) is 77.5 Å². The Morgan fingerprint density at radius 2 is 1.26 bits per heavy atom. The van der Waals surface area contributed by atoms with Crippen molar-refractivity contribution in [1.82, 2.24) is 9.97 Å². The number of aliphatic hydroxyl groups excluding tert-OH is 1. The SMILES string of the molecule is CC(C)(C)OC1CCN(c2ccccc2N)CC1.O=C(Nc1ccccc1N1CCC(O)CC1)c1csc(-c2cccs2)n1.O=C(O)c1csc(-c2cccs2)n1. The number of benzene rings is 2. The van der Waals surface area contributed by atoms with Gasteiger partial charge in [-0.3, -0.25) is 4.79 Å². The number of aliphatic hydroxyl groups is 1. The fourth-order valence-electron chi connectivity index (χ4n) is 6.42. The molecule has 1 amide bonds. The van der Waals surface area contributed by atoms with E-state index in [9.17, 15) is 14.7 Å². The number of ether oxygens (including phenoxy) is 1. The third kappa shape index (κ3) is 11.9. The van der Waals surface area contributed by atoms with Crippen molar-refractivity contribution in [1.29, 1.82) is 0 Å². The summed E-state index contributed by atoms with van der Waals surface area (Å²) in [6.07, 6.45) is 3.80. The van der Waals surface area contributed by atoms with Gasteiger partial charge in [0.2, 0.25) is 0 Å². The number of carboxylic acids is 1. The molecule has 0 aliphatic carbocycles. The molecule has 4 aromatic heterocycles. The first-order chi connectivity index (χ1) is 27.4. The molecule has 0 unspecified atom stereocenters. The number of hydrogen-bond acceptors (Lipinski definition) is 13. The van der Waals surface area contributed by atoms with Crippen LogP contribution in [0, 0.1) is 0 Å². The lowest BCUT2D eigenvalue weighted by molar-refractivity contribution is -0.0683. The zero-order valence-electron chi connectivity index (χ0n) is 32.2. The van der Waals surface area contributed by atoms with Crippen LogP contribution in [0.3, 0.4) is 0 Å². The summed E-state index contributed by atoms with van der Waals surface area (Å²) in [4.78, 5) is 38.3. The Labute approximate surface area is 349 Å². The highest BCUT2D eigenvalue weighted by Crippen LogP contribution is 2.32. The number of aromatic nitrogens is 2. The molecular weight excluding hydrogens is 797 g/mol. The van der Waals surface area contributed by atoms with Gasteiger partial charge in [-0.05, 0) is 93.6 Å². The number of carboxylic acid groups (broad SMARTS) is 1. The summed E-state index contributed by atoms with van der Waals surface area (Å²) in [6.45, 7) is 9.97. The summed E-state index contributed by atoms with van der Waals surface area (Å²) in [7, 11) is 0. The molecule has 8 rings (SSSR count). The van der Waals surface area contributed by atoms with Gasteiger partial charge in [-0.15, -0.1) is 45.3 Å². The van der Waals surface area contributed by atoms with Gasteiger partial charge in [-0.2, -0.15) is 0 Å². The van der Waals surface area contributed by atoms with E-state index in [-0.39, 0.29) is 23.3 Å². The summed E-state index contributed by atoms with van der Waals surface area (Å²) >= 11 is 6.00. The van der Waals surface area contributed by atoms with Gasteiger partial charge < -0.3 is 35.8 Å². The normalized spacial score (nSPS) is 14.9. The number of piperidine rings is 2. The highest BCUT2D eigenvalue weighted by molar-refractivity contribution is 7.20. The number of carbonyl (C=O) groups is 2. The van der Waals surface area contributed by atoms with Crippen LogP contribution in [0.2, 0.25) is 0 Å². The van der Waals surface area contributed by atoms with Crippen LogP contribution in [-0.2, 0) is 4.74 Å². The second kappa shape index (κ2) is 19.7. The van der Waals surface area contributed by atoms with Crippen LogP contribution in [0.1, 0.15) is 67.4 Å². The molecule has 57 heavy (non-hydrogen) atoms. The van der Waals surface area contributed by atoms with Gasteiger partial charge in [0.25, 0.3) is 5.91 Å². The Kier molecular flexibility index (Phi) is 14.5. The highest BCUT2D eigenvalue weighted by atomic mass is 32.1. The summed E-state index contributed by atoms with van der Waals surface area (Å²) in [5.74, 6) is -1.17. The number of anilines is 4. The van der Waals surface area contributed by atoms with Crippen LogP contribution in [-0.4, -0.2) is 76.0 Å². The number of thiophene rings is 2. The van der Waals surface area contributed by atoms with Crippen molar-refractivity contribution in [2.24, 2.45) is 0 Å². The maximum Gasteiger partial charge on any atom is 0.355 e. The lowest BCUT2D eigenvalue weighted by Gasteiger charge is -2.37. The predicted octanol–water partition coefficient (Wildman–Crippen LogP) is 9.71. The van der Waals surface area contributed by atoms with Crippen LogP contribution in [0.4, 0.5) is 22.7 Å². The molecular formula is C42H48N6O5S4. The Balaban J connectivity index is 0.000000154. The number of nitrogens with two attached hydrogens (primary N) is 1. The molecule has 6 heterocycles. The third-order valence-electron chi connectivity index (χ3n) is 9.12. The number of nitrogen functional groups attached to an aromatic ring is 1. The number of para-hydroxylation sites is 4. The molecule has 0 radical (unpaired) electrons. The number of aromatic carboxylic acids is 1. The van der Waals surface area contributed by atoms with Gasteiger partial charge in [0.1, 0.15) is 15.7 Å². The molecule has 2 saturated heterocycles. The minimum Gasteiger partial charge on any atom is -0.476 e. The van der Waals surface area contributed by atoms with Gasteiger partial charge in [-0.25, -0.2) is 14.8 Å². The molecule has 15 heteroatoms. The smallest absolute Gasteiger partial charge is 0.355 e. The molecule has 0 atom stereocenters. The van der Waals surface area contributed by atoms with Crippen LogP contribution >= 0.6 is 45.3 Å². The quantitative estimate of drug-likeness (QED) is 0.109. The number of thiazole rings is 2. The Hall–Kier alpha value is -4.64. The van der Waals surface area contributed by atoms with E-state index in [0.29, 0.717) is 11.8 Å². The van der Waals surface area contributed by atoms with Crippen molar-refractivity contribution in [3.63, 3.8) is 0 Å². The van der Waals surface area contributed by atoms with E-state index in [2.05, 4.69) is 51.9 Å². The first-order valence-electron chi connectivity index (χ1n) is 18.8. The number of nitrogens with one attached hydrogen (secondary N) is 1. The number of hydrogen-bond donors (Lipinski definition) is 4. The molecule has 2 fully saturated rings. The van der Waals surface area contributed by atoms with Crippen molar-refractivity contribution in [3.8, 4) is 19.8 Å². The standard InChI is InChI=1S/C19H19N3O2S2.C15H24N2O.C8H5NO2S2/c23-13-7-9-22(10-8-13)16-5-2-1-4-14(16)20-18(24)15-12-26-19(21-15)17-6-3-11-25-17;1-15(2,3)18-12-8-10-17(11-9-12)14-7-5-4-6-13(14)16;10-8(11)5-4-13-7(9-5)6-2-1-3-12-6/h1-6,11-13,23H,7-10H2,(H,20,24);4-7,12H,8-11,16H2,1-3H3;1-4H,(H,10,11). The molecule has 0 saturated carbocycles. The van der Waals surface area contributed by atoms with Crippen LogP contribution in [0.5, 0.6) is 0 Å². The van der Waals surface area contributed by atoms with E-state index < -0.39 is 5.97 Å². The second-order valence-corrected chi connectivity index (χ2v) is 18.1. The monoisotopic (exact) mass is 844 g/mol. The maximum absolute atomic E-state index is 12.7. The fourth-order valence-corrected chi connectivity index (χ4v) is 9.64. The number of rotatable bonds is 8. The van der Waals surface area contributed by atoms with Gasteiger partial charge >= 0.3 is 5.97 Å². The van der Waals surface area contributed by atoms with Gasteiger partial charge in [-0.1, -0.05) is 36.4 Å². The summed E-state index contributed by atoms with van der Waals surface area (Å²) in [5.41, 5.74) is 10.3. The van der Waals surface area contributed by atoms with Crippen molar-refractivity contribution >= 4 is 80.0 Å². The number of carbonyl (C=O) groups excluding carboxylic acids is 1. The lowest BCUT2D eigenvalue weighted by Crippen LogP contribution is -2.40. The number of nitrogens with zero attached hydrogens (tertiary/aromatic N) is 4. The fraction of sp³-hybridized carbons (Fsp3) is 0.333. The molecule has 0 spiro atoms. The molecule has 2 aromatic carbocycles. The van der Waals surface area contributed by atoms with Crippen molar-refractivity contribution in [3.05, 3.63) is 106 Å². The number of amides is 1. The Morgan fingerprint density at radius 3 is 1.81 bits per heavy atom. The van der Waals surface area contributed by atoms with Crippen LogP contribution in [0.25, 0.3) is 19.8 Å². The third-order valence-corrected chi connectivity index (χ3v) is 12.9. The van der Waals surface area contributed by atoms with Gasteiger partial charge in [0, 0.05) is 36.9 Å². The van der Waals surface area contributed by atoms with Crippen molar-refractivity contribution in [2.75, 3.05) is 47.0 Å². The average Bonchev–Trinajstić information content (AvgIpc) is 4.04. The van der Waals surface area contributed by atoms with Gasteiger partial charge in [0.15, 0.2) is 5.69 Å². The first-order valence-corrected chi connectivity index (χ1v) is 22.3. The minimum atomic E-state index is -0.973. The van der Waals surface area contributed by atoms with Crippen molar-refractivity contribution in [2.45, 2.75) is 64.3 Å². The lowest BCUT2D eigenvalue weighted by atomic mass is 10.0. The molecule has 6 aromatic rings. The molecule has 2 aliphatic heterocycles. The average molecular weight is 845 g/mol. The van der Waals surface area contributed by atoms with Crippen LogP contribution in [0.15, 0.2) is 94.3 Å². The summed E-state index contributed by atoms with van der Waals surface area (Å²) < 4.78 is 6.04. The molecule has 11 nitrogen and oxygen atoms in total. The maximum atomic E-state index is 12.7. The van der Waals surface area contributed by atoms with E-state index in [1.165, 1.54) is 22.7 Å². The Morgan fingerprint density at radius 1 is 0.737 bits per heavy atom. The van der Waals surface area contributed by atoms with Crippen molar-refractivity contribution < 1.29 is 24.5 Å². The van der Waals surface area contributed by atoms with E-state index in [0.717, 1.165) is 94.4 Å². The molecule has 0 bridgehead atoms. The van der Waals surface area contributed by atoms with Gasteiger partial charge in [0.05, 0.1) is 50.3 Å². The molecule has 300 valence electrons. The van der Waals surface area contributed by atoms with E-state index in [4.69, 9.17) is 15.6 Å².